The number of anilines is 1. The highest BCUT2D eigenvalue weighted by molar-refractivity contribution is 14.0. The molecule has 25 heavy (non-hydrogen) atoms. The van der Waals surface area contributed by atoms with Gasteiger partial charge in [-0.25, -0.2) is 9.98 Å². The van der Waals surface area contributed by atoms with Gasteiger partial charge in [0.25, 0.3) is 0 Å². The molecule has 0 saturated heterocycles. The van der Waals surface area contributed by atoms with E-state index in [1.165, 1.54) is 5.56 Å². The first-order valence-corrected chi connectivity index (χ1v) is 8.25. The zero-order chi connectivity index (χ0) is 17.4. The van der Waals surface area contributed by atoms with E-state index in [9.17, 15) is 0 Å². The molecule has 0 amide bonds. The average Bonchev–Trinajstić information content (AvgIpc) is 2.59. The predicted molar refractivity (Wildman–Crippen MR) is 117 cm³/mol. The molecule has 6 heteroatoms. The zero-order valence-corrected chi connectivity index (χ0v) is 17.8. The van der Waals surface area contributed by atoms with Crippen LogP contribution in [0.2, 0.25) is 0 Å². The fourth-order valence-electron chi connectivity index (χ4n) is 2.37. The molecule has 5 nitrogen and oxygen atoms in total. The van der Waals surface area contributed by atoms with Crippen LogP contribution >= 0.6 is 24.0 Å². The van der Waals surface area contributed by atoms with Gasteiger partial charge in [0, 0.05) is 40.4 Å². The van der Waals surface area contributed by atoms with Crippen molar-refractivity contribution in [3.63, 3.8) is 0 Å². The van der Waals surface area contributed by atoms with E-state index < -0.39 is 0 Å². The van der Waals surface area contributed by atoms with Crippen LogP contribution in [0.15, 0.2) is 53.7 Å². The van der Waals surface area contributed by atoms with Gasteiger partial charge in [-0.05, 0) is 30.2 Å². The molecule has 0 fully saturated rings. The number of nitrogens with zero attached hydrogens (tertiary/aromatic N) is 4. The van der Waals surface area contributed by atoms with Crippen LogP contribution in [0.4, 0.5) is 5.82 Å². The average molecular weight is 453 g/mol. The SMILES string of the molecule is CCNC(=NCc1ccnc(N(C)C)c1)N(C)Cc1ccccc1.I. The summed E-state index contributed by atoms with van der Waals surface area (Å²) < 4.78 is 0. The maximum atomic E-state index is 4.77. The lowest BCUT2D eigenvalue weighted by atomic mass is 10.2. The van der Waals surface area contributed by atoms with Crippen LogP contribution in [0.1, 0.15) is 18.1 Å². The molecule has 0 atom stereocenters. The molecule has 136 valence electrons. The van der Waals surface area contributed by atoms with Crippen molar-refractivity contribution >= 4 is 35.8 Å². The first kappa shape index (κ1) is 21.2. The van der Waals surface area contributed by atoms with E-state index in [2.05, 4.69) is 59.5 Å². The summed E-state index contributed by atoms with van der Waals surface area (Å²) in [5.74, 6) is 1.86. The molecule has 1 heterocycles. The van der Waals surface area contributed by atoms with Crippen LogP contribution < -0.4 is 10.2 Å². The smallest absolute Gasteiger partial charge is 0.194 e. The Hall–Kier alpha value is -1.83. The van der Waals surface area contributed by atoms with Crippen molar-refractivity contribution in [2.45, 2.75) is 20.0 Å². The van der Waals surface area contributed by atoms with Gasteiger partial charge in [-0.15, -0.1) is 24.0 Å². The third kappa shape index (κ3) is 6.89. The van der Waals surface area contributed by atoms with Crippen molar-refractivity contribution in [1.29, 1.82) is 0 Å². The van der Waals surface area contributed by atoms with E-state index in [1.807, 2.05) is 37.3 Å². The van der Waals surface area contributed by atoms with Crippen molar-refractivity contribution < 1.29 is 0 Å². The summed E-state index contributed by atoms with van der Waals surface area (Å²) in [6, 6.07) is 14.5. The molecule has 1 aromatic heterocycles. The summed E-state index contributed by atoms with van der Waals surface area (Å²) in [5, 5.41) is 3.36. The van der Waals surface area contributed by atoms with Gasteiger partial charge in [0.2, 0.25) is 0 Å². The quantitative estimate of drug-likeness (QED) is 0.414. The number of hydrogen-bond donors (Lipinski definition) is 1. The predicted octanol–water partition coefficient (Wildman–Crippen LogP) is 3.36. The Morgan fingerprint density at radius 3 is 2.44 bits per heavy atom. The van der Waals surface area contributed by atoms with E-state index in [0.717, 1.165) is 30.4 Å². The van der Waals surface area contributed by atoms with Gasteiger partial charge in [-0.2, -0.15) is 0 Å². The van der Waals surface area contributed by atoms with Crippen molar-refractivity contribution in [1.82, 2.24) is 15.2 Å². The molecular weight excluding hydrogens is 425 g/mol. The number of benzene rings is 1. The van der Waals surface area contributed by atoms with Gasteiger partial charge in [0.05, 0.1) is 6.54 Å². The standard InChI is InChI=1S/C19H27N5.HI/c1-5-20-19(24(4)15-16-9-7-6-8-10-16)22-14-17-11-12-21-18(13-17)23(2)3;/h6-13H,5,14-15H2,1-4H3,(H,20,22);1H. The summed E-state index contributed by atoms with van der Waals surface area (Å²) in [7, 11) is 6.05. The van der Waals surface area contributed by atoms with Gasteiger partial charge in [-0.1, -0.05) is 30.3 Å². The maximum Gasteiger partial charge on any atom is 0.194 e. The second-order valence-electron chi connectivity index (χ2n) is 5.93. The number of aromatic nitrogens is 1. The maximum absolute atomic E-state index is 4.77. The summed E-state index contributed by atoms with van der Waals surface area (Å²) >= 11 is 0. The Kier molecular flexibility index (Phi) is 9.26. The second-order valence-corrected chi connectivity index (χ2v) is 5.93. The number of pyridine rings is 1. The second kappa shape index (κ2) is 10.9. The van der Waals surface area contributed by atoms with Crippen LogP contribution in [0.3, 0.4) is 0 Å². The molecule has 0 radical (unpaired) electrons. The van der Waals surface area contributed by atoms with E-state index in [0.29, 0.717) is 6.54 Å². The molecule has 0 aliphatic heterocycles. The Labute approximate surface area is 168 Å². The fourth-order valence-corrected chi connectivity index (χ4v) is 2.37. The lowest BCUT2D eigenvalue weighted by Crippen LogP contribution is -2.38. The highest BCUT2D eigenvalue weighted by Crippen LogP contribution is 2.11. The molecule has 2 rings (SSSR count). The summed E-state index contributed by atoms with van der Waals surface area (Å²) in [6.07, 6.45) is 1.83. The largest absolute Gasteiger partial charge is 0.363 e. The minimum Gasteiger partial charge on any atom is -0.363 e. The lowest BCUT2D eigenvalue weighted by molar-refractivity contribution is 0.477. The third-order valence-corrected chi connectivity index (χ3v) is 3.64. The molecule has 2 aromatic rings. The number of aliphatic imine (C=N–C) groups is 1. The Morgan fingerprint density at radius 2 is 1.80 bits per heavy atom. The third-order valence-electron chi connectivity index (χ3n) is 3.64. The van der Waals surface area contributed by atoms with Crippen molar-refractivity contribution in [3.05, 3.63) is 59.8 Å². The molecule has 0 unspecified atom stereocenters. The van der Waals surface area contributed by atoms with E-state index in [1.54, 1.807) is 0 Å². The van der Waals surface area contributed by atoms with Gasteiger partial charge < -0.3 is 15.1 Å². The minimum absolute atomic E-state index is 0. The molecular formula is C19H28IN5. The van der Waals surface area contributed by atoms with E-state index in [-0.39, 0.29) is 24.0 Å². The first-order valence-electron chi connectivity index (χ1n) is 8.25. The minimum atomic E-state index is 0. The number of hydrogen-bond acceptors (Lipinski definition) is 3. The number of halogens is 1. The molecule has 1 N–H and O–H groups in total. The summed E-state index contributed by atoms with van der Waals surface area (Å²) in [6.45, 7) is 4.39. The highest BCUT2D eigenvalue weighted by Gasteiger charge is 2.06. The molecule has 0 bridgehead atoms. The van der Waals surface area contributed by atoms with Gasteiger partial charge >= 0.3 is 0 Å². The first-order chi connectivity index (χ1) is 11.6. The molecule has 0 saturated carbocycles. The van der Waals surface area contributed by atoms with Crippen molar-refractivity contribution in [2.75, 3.05) is 32.6 Å². The van der Waals surface area contributed by atoms with Crippen LogP contribution in [-0.4, -0.2) is 43.5 Å². The van der Waals surface area contributed by atoms with Crippen molar-refractivity contribution in [2.24, 2.45) is 4.99 Å². The molecule has 1 aromatic carbocycles. The number of rotatable bonds is 6. The summed E-state index contributed by atoms with van der Waals surface area (Å²) in [5.41, 5.74) is 2.42. The van der Waals surface area contributed by atoms with Gasteiger partial charge in [0.1, 0.15) is 5.82 Å². The Morgan fingerprint density at radius 1 is 1.08 bits per heavy atom. The van der Waals surface area contributed by atoms with Crippen LogP contribution in [0.25, 0.3) is 0 Å². The summed E-state index contributed by atoms with van der Waals surface area (Å²) in [4.78, 5) is 13.3. The molecule has 0 aliphatic rings. The van der Waals surface area contributed by atoms with Gasteiger partial charge in [-0.3, -0.25) is 0 Å². The topological polar surface area (TPSA) is 43.8 Å². The Bertz CT molecular complexity index is 658. The fraction of sp³-hybridized carbons (Fsp3) is 0.368. The van der Waals surface area contributed by atoms with Crippen LogP contribution in [0.5, 0.6) is 0 Å². The molecule has 0 spiro atoms. The normalized spacial score (nSPS) is 10.8. The highest BCUT2D eigenvalue weighted by atomic mass is 127. The molecule has 0 aliphatic carbocycles. The number of guanidine groups is 1. The van der Waals surface area contributed by atoms with E-state index >= 15 is 0 Å². The lowest BCUT2D eigenvalue weighted by Gasteiger charge is -2.22. The van der Waals surface area contributed by atoms with Crippen molar-refractivity contribution in [3.8, 4) is 0 Å². The van der Waals surface area contributed by atoms with E-state index in [4.69, 9.17) is 4.99 Å². The van der Waals surface area contributed by atoms with Crippen LogP contribution in [0, 0.1) is 0 Å². The monoisotopic (exact) mass is 453 g/mol. The van der Waals surface area contributed by atoms with Gasteiger partial charge in [0.15, 0.2) is 5.96 Å². The Balaban J connectivity index is 0.00000312. The van der Waals surface area contributed by atoms with Crippen LogP contribution in [-0.2, 0) is 13.1 Å². The number of nitrogens with one attached hydrogen (secondary N) is 1. The zero-order valence-electron chi connectivity index (χ0n) is 15.4.